The molecule has 13 heteroatoms. The number of nitrogens with one attached hydrogen (secondary N) is 2. The standard InChI is InChI=1S/C19H21F4N7O2/c1-18(32,19(21,22)23)17-10(9-31)4-16-26-7-14(30(16)29-17)13-6-25-8-15(28-13)27-12-5-24-3-2-11(12)20/h4,6-8,11-12,24,31-32H,2-3,5,9H2,1H3,(H,27,28)/t11-,12-,18?/m0/s1. The molecule has 1 aliphatic rings. The predicted octanol–water partition coefficient (Wildman–Crippen LogP) is 1.56. The largest absolute Gasteiger partial charge is 0.422 e. The number of fused-ring (bicyclic) bond motifs is 1. The number of hydrogen-bond acceptors (Lipinski definition) is 8. The Morgan fingerprint density at radius 2 is 2.06 bits per heavy atom. The monoisotopic (exact) mass is 455 g/mol. The molecule has 4 N–H and O–H groups in total. The summed E-state index contributed by atoms with van der Waals surface area (Å²) in [5, 5.41) is 29.7. The highest BCUT2D eigenvalue weighted by molar-refractivity contribution is 5.61. The number of hydrogen-bond donors (Lipinski definition) is 4. The lowest BCUT2D eigenvalue weighted by atomic mass is 9.97. The van der Waals surface area contributed by atoms with Crippen molar-refractivity contribution >= 4 is 11.5 Å². The van der Waals surface area contributed by atoms with Crippen molar-refractivity contribution < 1.29 is 27.8 Å². The Bertz CT molecular complexity index is 1120. The quantitative estimate of drug-likeness (QED) is 0.428. The number of imidazole rings is 1. The smallest absolute Gasteiger partial charge is 0.392 e. The molecule has 0 spiro atoms. The van der Waals surface area contributed by atoms with E-state index in [2.05, 4.69) is 30.7 Å². The van der Waals surface area contributed by atoms with Crippen molar-refractivity contribution in [2.45, 2.75) is 43.9 Å². The van der Waals surface area contributed by atoms with Crippen molar-refractivity contribution in [2.24, 2.45) is 0 Å². The molecule has 0 aliphatic carbocycles. The van der Waals surface area contributed by atoms with Crippen LogP contribution in [0, 0.1) is 0 Å². The molecule has 0 saturated carbocycles. The summed E-state index contributed by atoms with van der Waals surface area (Å²) in [6.45, 7) is 0.779. The van der Waals surface area contributed by atoms with Gasteiger partial charge in [0, 0.05) is 12.1 Å². The molecular weight excluding hydrogens is 434 g/mol. The van der Waals surface area contributed by atoms with Crippen molar-refractivity contribution in [1.29, 1.82) is 0 Å². The first kappa shape index (κ1) is 22.3. The fraction of sp³-hybridized carbons (Fsp3) is 0.474. The first-order chi connectivity index (χ1) is 15.1. The minimum Gasteiger partial charge on any atom is -0.392 e. The second-order valence-corrected chi connectivity index (χ2v) is 7.71. The topological polar surface area (TPSA) is 120 Å². The Kier molecular flexibility index (Phi) is 5.73. The minimum atomic E-state index is -5.03. The molecule has 4 heterocycles. The van der Waals surface area contributed by atoms with E-state index in [-0.39, 0.29) is 28.4 Å². The molecule has 1 saturated heterocycles. The van der Waals surface area contributed by atoms with Crippen LogP contribution in [0.15, 0.2) is 24.7 Å². The normalized spacial score (nSPS) is 21.5. The average Bonchev–Trinajstić information content (AvgIpc) is 3.17. The van der Waals surface area contributed by atoms with Crippen LogP contribution in [-0.4, -0.2) is 66.3 Å². The van der Waals surface area contributed by atoms with Crippen LogP contribution >= 0.6 is 0 Å². The molecule has 3 atom stereocenters. The molecule has 0 amide bonds. The average molecular weight is 455 g/mol. The van der Waals surface area contributed by atoms with Crippen LogP contribution in [0.5, 0.6) is 0 Å². The van der Waals surface area contributed by atoms with E-state index in [4.69, 9.17) is 0 Å². The van der Waals surface area contributed by atoms with Crippen LogP contribution in [0.1, 0.15) is 24.6 Å². The second-order valence-electron chi connectivity index (χ2n) is 7.71. The fourth-order valence-corrected chi connectivity index (χ4v) is 3.51. The first-order valence-electron chi connectivity index (χ1n) is 9.83. The lowest BCUT2D eigenvalue weighted by Gasteiger charge is -2.28. The molecule has 4 rings (SSSR count). The highest BCUT2D eigenvalue weighted by Crippen LogP contribution is 2.39. The summed E-state index contributed by atoms with van der Waals surface area (Å²) in [6.07, 6.45) is -1.63. The van der Waals surface area contributed by atoms with Gasteiger partial charge in [-0.2, -0.15) is 18.3 Å². The van der Waals surface area contributed by atoms with Crippen molar-refractivity contribution in [1.82, 2.24) is 29.9 Å². The van der Waals surface area contributed by atoms with E-state index in [1.807, 2.05) is 0 Å². The molecular formula is C19H21F4N7O2. The molecule has 1 aliphatic heterocycles. The summed E-state index contributed by atoms with van der Waals surface area (Å²) in [5.41, 5.74) is -3.69. The Balaban J connectivity index is 1.75. The second kappa shape index (κ2) is 8.22. The van der Waals surface area contributed by atoms with Crippen LogP contribution in [0.4, 0.5) is 23.4 Å². The van der Waals surface area contributed by atoms with E-state index in [1.165, 1.54) is 24.7 Å². The highest BCUT2D eigenvalue weighted by atomic mass is 19.4. The number of halogens is 4. The third-order valence-electron chi connectivity index (χ3n) is 5.38. The Morgan fingerprint density at radius 1 is 1.28 bits per heavy atom. The maximum atomic E-state index is 14.1. The minimum absolute atomic E-state index is 0.145. The molecule has 3 aromatic heterocycles. The van der Waals surface area contributed by atoms with Gasteiger partial charge in [-0.05, 0) is 26.0 Å². The molecule has 1 unspecified atom stereocenters. The molecule has 9 nitrogen and oxygen atoms in total. The molecule has 0 bridgehead atoms. The number of aliphatic hydroxyl groups excluding tert-OH is 1. The van der Waals surface area contributed by atoms with E-state index in [0.29, 0.717) is 26.4 Å². The van der Waals surface area contributed by atoms with E-state index in [9.17, 15) is 27.8 Å². The van der Waals surface area contributed by atoms with Crippen LogP contribution in [-0.2, 0) is 12.2 Å². The summed E-state index contributed by atoms with van der Waals surface area (Å²) in [5.74, 6) is 0.281. The molecule has 32 heavy (non-hydrogen) atoms. The van der Waals surface area contributed by atoms with E-state index < -0.39 is 36.3 Å². The lowest BCUT2D eigenvalue weighted by molar-refractivity contribution is -0.261. The zero-order valence-corrected chi connectivity index (χ0v) is 16.9. The van der Waals surface area contributed by atoms with Gasteiger partial charge in [-0.1, -0.05) is 0 Å². The summed E-state index contributed by atoms with van der Waals surface area (Å²) in [4.78, 5) is 12.6. The van der Waals surface area contributed by atoms with E-state index in [1.54, 1.807) is 0 Å². The van der Waals surface area contributed by atoms with Crippen molar-refractivity contribution in [3.63, 3.8) is 0 Å². The van der Waals surface area contributed by atoms with Crippen molar-refractivity contribution in [3.8, 4) is 11.4 Å². The van der Waals surface area contributed by atoms with Gasteiger partial charge in [0.05, 0.1) is 31.2 Å². The van der Waals surface area contributed by atoms with Crippen molar-refractivity contribution in [2.75, 3.05) is 18.4 Å². The van der Waals surface area contributed by atoms with E-state index in [0.717, 1.165) is 4.52 Å². The van der Waals surface area contributed by atoms with Crippen LogP contribution in [0.2, 0.25) is 0 Å². The van der Waals surface area contributed by atoms with Gasteiger partial charge in [0.25, 0.3) is 0 Å². The molecule has 172 valence electrons. The summed E-state index contributed by atoms with van der Waals surface area (Å²) in [7, 11) is 0. The predicted molar refractivity (Wildman–Crippen MR) is 105 cm³/mol. The Labute approximate surface area is 179 Å². The summed E-state index contributed by atoms with van der Waals surface area (Å²) >= 11 is 0. The third kappa shape index (κ3) is 3.98. The lowest BCUT2D eigenvalue weighted by Crippen LogP contribution is -2.46. The third-order valence-corrected chi connectivity index (χ3v) is 5.38. The van der Waals surface area contributed by atoms with Crippen LogP contribution in [0.3, 0.4) is 0 Å². The van der Waals surface area contributed by atoms with Gasteiger partial charge in [-0.25, -0.2) is 18.9 Å². The van der Waals surface area contributed by atoms with Gasteiger partial charge in [0.1, 0.15) is 29.1 Å². The molecule has 3 aromatic rings. The van der Waals surface area contributed by atoms with Crippen LogP contribution in [0.25, 0.3) is 17.0 Å². The van der Waals surface area contributed by atoms with Gasteiger partial charge >= 0.3 is 6.18 Å². The number of aliphatic hydroxyl groups is 2. The zero-order valence-electron chi connectivity index (χ0n) is 16.9. The van der Waals surface area contributed by atoms with Crippen molar-refractivity contribution in [3.05, 3.63) is 35.9 Å². The number of nitrogens with zero attached hydrogens (tertiary/aromatic N) is 5. The fourth-order valence-electron chi connectivity index (χ4n) is 3.51. The molecule has 0 aromatic carbocycles. The number of piperidine rings is 1. The first-order valence-corrected chi connectivity index (χ1v) is 9.83. The Morgan fingerprint density at radius 3 is 2.75 bits per heavy atom. The van der Waals surface area contributed by atoms with Gasteiger partial charge in [-0.3, -0.25) is 4.98 Å². The Hall–Kier alpha value is -2.90. The maximum Gasteiger partial charge on any atom is 0.422 e. The van der Waals surface area contributed by atoms with Gasteiger partial charge in [0.15, 0.2) is 5.65 Å². The molecule has 1 fully saturated rings. The van der Waals surface area contributed by atoms with Gasteiger partial charge in [-0.15, -0.1) is 0 Å². The SMILES string of the molecule is CC(O)(c1nn2c(-c3cncc(N[C@H]4CNCC[C@@H]4F)n3)cnc2cc1CO)C(F)(F)F. The van der Waals surface area contributed by atoms with Gasteiger partial charge < -0.3 is 20.8 Å². The van der Waals surface area contributed by atoms with E-state index >= 15 is 0 Å². The molecule has 0 radical (unpaired) electrons. The number of alkyl halides is 4. The number of anilines is 1. The van der Waals surface area contributed by atoms with Crippen LogP contribution < -0.4 is 10.6 Å². The zero-order chi connectivity index (χ0) is 23.1. The number of aromatic nitrogens is 5. The maximum absolute atomic E-state index is 14.1. The summed E-state index contributed by atoms with van der Waals surface area (Å²) in [6, 6.07) is 0.706. The van der Waals surface area contributed by atoms with Gasteiger partial charge in [0.2, 0.25) is 5.60 Å². The summed E-state index contributed by atoms with van der Waals surface area (Å²) < 4.78 is 55.5. The number of rotatable bonds is 5. The highest BCUT2D eigenvalue weighted by Gasteiger charge is 2.53.